The first-order valence-corrected chi connectivity index (χ1v) is 13.0. The van der Waals surface area contributed by atoms with E-state index in [1.54, 1.807) is 6.07 Å². The molecular weight excluding hydrogens is 683 g/mol. The number of aryl methyl sites for hydroxylation is 1. The monoisotopic (exact) mass is 719 g/mol. The van der Waals surface area contributed by atoms with Crippen molar-refractivity contribution in [1.82, 2.24) is 10.2 Å². The number of nitrogens with two attached hydrogens (primary N) is 2. The predicted molar refractivity (Wildman–Crippen MR) is 138 cm³/mol. The van der Waals surface area contributed by atoms with Crippen molar-refractivity contribution in [3.8, 4) is 0 Å². The summed E-state index contributed by atoms with van der Waals surface area (Å²) in [5.41, 5.74) is 10.8. The van der Waals surface area contributed by atoms with Crippen LogP contribution in [0.1, 0.15) is 60.9 Å². The van der Waals surface area contributed by atoms with E-state index < -0.39 is 17.4 Å². The van der Waals surface area contributed by atoms with Crippen LogP contribution in [0.25, 0.3) is 10.8 Å². The van der Waals surface area contributed by atoms with Crippen molar-refractivity contribution in [3.05, 3.63) is 47.5 Å². The van der Waals surface area contributed by atoms with Gasteiger partial charge < -0.3 is 41.5 Å². The van der Waals surface area contributed by atoms with Crippen LogP contribution in [-0.4, -0.2) is 60.4 Å². The van der Waals surface area contributed by atoms with Gasteiger partial charge in [-0.25, -0.2) is 0 Å². The second kappa shape index (κ2) is 14.5. The minimum Gasteiger partial charge on any atom is -0.549 e. The van der Waals surface area contributed by atoms with Gasteiger partial charge in [0.05, 0.1) is 17.4 Å². The predicted octanol–water partition coefficient (Wildman–Crippen LogP) is -0.411. The van der Waals surface area contributed by atoms with Crippen molar-refractivity contribution in [3.63, 3.8) is 0 Å². The molecule has 2 atom stereocenters. The molecule has 1 saturated heterocycles. The van der Waals surface area contributed by atoms with Gasteiger partial charge in [-0.15, -0.1) is 0 Å². The summed E-state index contributed by atoms with van der Waals surface area (Å²) in [6.07, 6.45) is 4.31. The molecule has 1 aliphatic heterocycles. The molecule has 11 heteroatoms. The molecule has 2 aromatic carbocycles. The van der Waals surface area contributed by atoms with Gasteiger partial charge in [-0.3, -0.25) is 9.59 Å². The van der Waals surface area contributed by atoms with Crippen molar-refractivity contribution in [2.24, 2.45) is 16.9 Å². The minimum absolute atomic E-state index is 0. The maximum Gasteiger partial charge on any atom is 2.00 e. The zero-order valence-corrected chi connectivity index (χ0v) is 24.3. The number of aliphatic carboxylic acids is 2. The van der Waals surface area contributed by atoms with Crippen LogP contribution >= 0.6 is 0 Å². The number of carboxylic acids is 2. The molecule has 0 unspecified atom stereocenters. The Hall–Kier alpha value is -2.81. The molecule has 0 aromatic heterocycles. The van der Waals surface area contributed by atoms with E-state index in [1.165, 1.54) is 17.7 Å². The number of nitrogens with one attached hydrogen (secondary N) is 1. The molecule has 214 valence electrons. The Balaban J connectivity index is 0.000000508. The number of amides is 2. The largest absolute Gasteiger partial charge is 2.00 e. The third kappa shape index (κ3) is 7.87. The Morgan fingerprint density at radius 1 is 0.923 bits per heavy atom. The number of carbonyl (C=O) groups is 4. The summed E-state index contributed by atoms with van der Waals surface area (Å²) in [5, 5.41) is 27.0. The van der Waals surface area contributed by atoms with E-state index in [9.17, 15) is 29.4 Å². The Morgan fingerprint density at radius 3 is 1.97 bits per heavy atom. The summed E-state index contributed by atoms with van der Waals surface area (Å²) in [6, 6.07) is 11.8. The number of carboxylic acid groups (broad SMARTS) is 2. The van der Waals surface area contributed by atoms with Crippen LogP contribution < -0.4 is 27.0 Å². The number of fused-ring (bicyclic) bond motifs is 1. The van der Waals surface area contributed by atoms with Crippen molar-refractivity contribution >= 4 is 34.5 Å². The Labute approximate surface area is 242 Å². The van der Waals surface area contributed by atoms with Gasteiger partial charge in [0.25, 0.3) is 5.91 Å². The van der Waals surface area contributed by atoms with E-state index >= 15 is 0 Å². The van der Waals surface area contributed by atoms with Crippen LogP contribution in [0.15, 0.2) is 36.4 Å². The molecular formula is C28H36N4O6Pt. The molecule has 2 fully saturated rings. The first-order valence-electron chi connectivity index (χ1n) is 13.0. The van der Waals surface area contributed by atoms with Crippen molar-refractivity contribution in [2.45, 2.75) is 64.0 Å². The summed E-state index contributed by atoms with van der Waals surface area (Å²) < 4.78 is 0. The SMILES string of the molecule is Cc1ccc(C(=O)NCCC(=O)N2CCC(C(=O)[O-])(C(=O)[O-])CC2)c2ccccc12.N[C@@H]1CCCC[C@H]1N.[Pt+2]. The van der Waals surface area contributed by atoms with Crippen LogP contribution in [0.3, 0.4) is 0 Å². The summed E-state index contributed by atoms with van der Waals surface area (Å²) in [6.45, 7) is 2.05. The molecule has 0 spiro atoms. The van der Waals surface area contributed by atoms with Gasteiger partial charge in [0.15, 0.2) is 0 Å². The van der Waals surface area contributed by atoms with Crippen molar-refractivity contribution < 1.29 is 50.5 Å². The first-order chi connectivity index (χ1) is 18.1. The summed E-state index contributed by atoms with van der Waals surface area (Å²) in [5.74, 6) is -3.95. The number of likely N-dealkylation sites (tertiary alicyclic amines) is 1. The van der Waals surface area contributed by atoms with Crippen LogP contribution in [0.4, 0.5) is 0 Å². The summed E-state index contributed by atoms with van der Waals surface area (Å²) in [4.78, 5) is 48.8. The molecule has 1 heterocycles. The molecule has 5 N–H and O–H groups in total. The van der Waals surface area contributed by atoms with E-state index in [1.807, 2.05) is 37.3 Å². The van der Waals surface area contributed by atoms with Gasteiger partial charge in [0, 0.05) is 43.7 Å². The normalized spacial score (nSPS) is 20.1. The van der Waals surface area contributed by atoms with Crippen LogP contribution in [0, 0.1) is 12.3 Å². The molecule has 0 bridgehead atoms. The quantitative estimate of drug-likeness (QED) is 0.337. The second-order valence-electron chi connectivity index (χ2n) is 10.1. The fourth-order valence-electron chi connectivity index (χ4n) is 5.00. The molecule has 39 heavy (non-hydrogen) atoms. The number of piperidine rings is 1. The number of rotatable bonds is 6. The second-order valence-corrected chi connectivity index (χ2v) is 10.1. The first kappa shape index (κ1) is 32.4. The molecule has 2 aliphatic rings. The van der Waals surface area contributed by atoms with Crippen LogP contribution in [-0.2, 0) is 35.4 Å². The average molecular weight is 720 g/mol. The molecule has 2 aromatic rings. The maximum absolute atomic E-state index is 12.6. The third-order valence-corrected chi connectivity index (χ3v) is 7.64. The molecule has 1 saturated carbocycles. The van der Waals surface area contributed by atoms with Gasteiger partial charge in [0.1, 0.15) is 0 Å². The Bertz CT molecular complexity index is 1160. The van der Waals surface area contributed by atoms with E-state index in [0.29, 0.717) is 5.56 Å². The zero-order valence-electron chi connectivity index (χ0n) is 22.1. The molecule has 10 nitrogen and oxygen atoms in total. The topological polar surface area (TPSA) is 182 Å². The number of nitrogens with zero attached hydrogens (tertiary/aromatic N) is 1. The van der Waals surface area contributed by atoms with Gasteiger partial charge in [-0.2, -0.15) is 0 Å². The van der Waals surface area contributed by atoms with E-state index in [2.05, 4.69) is 5.32 Å². The van der Waals surface area contributed by atoms with E-state index in [4.69, 9.17) is 11.5 Å². The smallest absolute Gasteiger partial charge is 0.549 e. The summed E-state index contributed by atoms with van der Waals surface area (Å²) >= 11 is 0. The number of benzene rings is 2. The number of hydrogen-bond donors (Lipinski definition) is 3. The van der Waals surface area contributed by atoms with Crippen LogP contribution in [0.5, 0.6) is 0 Å². The van der Waals surface area contributed by atoms with Crippen molar-refractivity contribution in [1.29, 1.82) is 0 Å². The standard InChI is InChI=1S/C22H24N2O6.C6H14N2.Pt/c1-14-6-7-17(16-5-3-2-4-15(14)16)19(26)23-11-8-18(25)24-12-9-22(10-13-24,20(27)28)21(29)30;7-5-3-1-2-4-6(5)8;/h2-7H,8-13H2,1H3,(H,23,26)(H,27,28)(H,29,30);5-6H,1-4,7-8H2;/q;;+2/p-2/t;5-,6-;/m.1./s1. The minimum atomic E-state index is -2.06. The van der Waals surface area contributed by atoms with E-state index in [-0.39, 0.29) is 83.9 Å². The third-order valence-electron chi connectivity index (χ3n) is 7.64. The molecule has 1 aliphatic carbocycles. The Kier molecular flexibility index (Phi) is 12.1. The fraction of sp³-hybridized carbons (Fsp3) is 0.500. The zero-order chi connectivity index (χ0) is 27.9. The molecule has 4 rings (SSSR count). The van der Waals surface area contributed by atoms with Gasteiger partial charge in [-0.05, 0) is 55.0 Å². The maximum atomic E-state index is 12.6. The number of carbonyl (C=O) groups excluding carboxylic acids is 4. The number of hydrogen-bond acceptors (Lipinski definition) is 8. The molecule has 0 radical (unpaired) electrons. The molecule has 2 amide bonds. The van der Waals surface area contributed by atoms with E-state index in [0.717, 1.165) is 29.2 Å². The van der Waals surface area contributed by atoms with Gasteiger partial charge in [0.2, 0.25) is 5.91 Å². The fourth-order valence-corrected chi connectivity index (χ4v) is 5.00. The average Bonchev–Trinajstić information content (AvgIpc) is 2.90. The van der Waals surface area contributed by atoms with Gasteiger partial charge >= 0.3 is 21.1 Å². The van der Waals surface area contributed by atoms with Crippen molar-refractivity contribution in [2.75, 3.05) is 19.6 Å². The van der Waals surface area contributed by atoms with Gasteiger partial charge in [-0.1, -0.05) is 43.2 Å². The Morgan fingerprint density at radius 2 is 1.46 bits per heavy atom. The summed E-state index contributed by atoms with van der Waals surface area (Å²) in [7, 11) is 0. The van der Waals surface area contributed by atoms with Crippen LogP contribution in [0.2, 0.25) is 0 Å².